The molecular formula is C9H18N6. The lowest BCUT2D eigenvalue weighted by atomic mass is 9.88. The van der Waals surface area contributed by atoms with Crippen molar-refractivity contribution in [1.82, 2.24) is 25.5 Å². The highest BCUT2D eigenvalue weighted by molar-refractivity contribution is 5.03. The molecule has 1 aliphatic heterocycles. The monoisotopic (exact) mass is 210 g/mol. The molecule has 0 spiro atoms. The molecule has 1 fully saturated rings. The molecule has 0 saturated carbocycles. The van der Waals surface area contributed by atoms with Gasteiger partial charge in [-0.05, 0) is 25.8 Å². The number of aromatic amines is 1. The Kier molecular flexibility index (Phi) is 2.97. The standard InChI is InChI=1S/C9H18N6/c1-2-5-15-6-3-9(10,4-7-15)8-11-13-14-12-8/h2-7,10H2,1H3,(H,11,12,13,14). The molecule has 3 N–H and O–H groups in total. The van der Waals surface area contributed by atoms with Crippen molar-refractivity contribution >= 4 is 0 Å². The summed E-state index contributed by atoms with van der Waals surface area (Å²) < 4.78 is 0. The summed E-state index contributed by atoms with van der Waals surface area (Å²) >= 11 is 0. The third kappa shape index (κ3) is 2.15. The van der Waals surface area contributed by atoms with E-state index in [0.29, 0.717) is 5.82 Å². The van der Waals surface area contributed by atoms with E-state index in [2.05, 4.69) is 32.4 Å². The SMILES string of the molecule is CCCN1CCC(N)(c2nn[nH]n2)CC1. The van der Waals surface area contributed by atoms with Gasteiger partial charge in [0.05, 0.1) is 5.54 Å². The Hall–Kier alpha value is -1.01. The lowest BCUT2D eigenvalue weighted by Gasteiger charge is -2.36. The number of hydrogen-bond acceptors (Lipinski definition) is 5. The third-order valence-electron chi connectivity index (χ3n) is 3.08. The van der Waals surface area contributed by atoms with Crippen LogP contribution in [0.25, 0.3) is 0 Å². The van der Waals surface area contributed by atoms with Crippen LogP contribution in [0.5, 0.6) is 0 Å². The Morgan fingerprint density at radius 3 is 2.73 bits per heavy atom. The average molecular weight is 210 g/mol. The molecule has 0 radical (unpaired) electrons. The summed E-state index contributed by atoms with van der Waals surface area (Å²) in [7, 11) is 0. The summed E-state index contributed by atoms with van der Waals surface area (Å²) in [5, 5.41) is 14.0. The number of likely N-dealkylation sites (tertiary alicyclic amines) is 1. The summed E-state index contributed by atoms with van der Waals surface area (Å²) in [4.78, 5) is 2.44. The Morgan fingerprint density at radius 1 is 1.47 bits per heavy atom. The Labute approximate surface area is 89.2 Å². The summed E-state index contributed by atoms with van der Waals surface area (Å²) in [5.41, 5.74) is 5.89. The van der Waals surface area contributed by atoms with Crippen LogP contribution in [0.15, 0.2) is 0 Å². The molecule has 1 aromatic rings. The van der Waals surface area contributed by atoms with Crippen LogP contribution in [-0.2, 0) is 5.54 Å². The molecule has 0 aromatic carbocycles. The van der Waals surface area contributed by atoms with E-state index in [-0.39, 0.29) is 5.54 Å². The fraction of sp³-hybridized carbons (Fsp3) is 0.889. The van der Waals surface area contributed by atoms with E-state index < -0.39 is 0 Å². The second kappa shape index (κ2) is 4.24. The number of hydrogen-bond donors (Lipinski definition) is 2. The maximum atomic E-state index is 6.27. The highest BCUT2D eigenvalue weighted by Crippen LogP contribution is 2.27. The molecule has 1 aliphatic rings. The molecule has 1 saturated heterocycles. The van der Waals surface area contributed by atoms with Crippen LogP contribution in [0, 0.1) is 0 Å². The second-order valence-electron chi connectivity index (χ2n) is 4.23. The smallest absolute Gasteiger partial charge is 0.194 e. The molecule has 84 valence electrons. The minimum Gasteiger partial charge on any atom is -0.319 e. The Balaban J connectivity index is 1.97. The van der Waals surface area contributed by atoms with Crippen molar-refractivity contribution in [2.45, 2.75) is 31.7 Å². The lowest BCUT2D eigenvalue weighted by Crippen LogP contribution is -2.48. The van der Waals surface area contributed by atoms with Gasteiger partial charge < -0.3 is 10.6 Å². The zero-order valence-corrected chi connectivity index (χ0v) is 9.11. The van der Waals surface area contributed by atoms with Crippen molar-refractivity contribution in [3.8, 4) is 0 Å². The molecule has 0 amide bonds. The zero-order valence-electron chi connectivity index (χ0n) is 9.11. The molecule has 6 nitrogen and oxygen atoms in total. The molecule has 0 atom stereocenters. The van der Waals surface area contributed by atoms with E-state index in [1.165, 1.54) is 6.42 Å². The maximum Gasteiger partial charge on any atom is 0.194 e. The first-order chi connectivity index (χ1) is 7.24. The van der Waals surface area contributed by atoms with Crippen molar-refractivity contribution in [1.29, 1.82) is 0 Å². The second-order valence-corrected chi connectivity index (χ2v) is 4.23. The van der Waals surface area contributed by atoms with Gasteiger partial charge in [-0.15, -0.1) is 10.2 Å². The molecule has 0 aliphatic carbocycles. The average Bonchev–Trinajstić information content (AvgIpc) is 2.76. The molecule has 2 heterocycles. The molecule has 0 bridgehead atoms. The van der Waals surface area contributed by atoms with Gasteiger partial charge in [0, 0.05) is 13.1 Å². The first kappa shape index (κ1) is 10.5. The van der Waals surface area contributed by atoms with Gasteiger partial charge in [-0.1, -0.05) is 12.1 Å². The summed E-state index contributed by atoms with van der Waals surface area (Å²) in [6.45, 7) is 5.41. The highest BCUT2D eigenvalue weighted by Gasteiger charge is 2.35. The first-order valence-electron chi connectivity index (χ1n) is 5.50. The summed E-state index contributed by atoms with van der Waals surface area (Å²) in [6.07, 6.45) is 3.01. The van der Waals surface area contributed by atoms with Crippen molar-refractivity contribution in [2.75, 3.05) is 19.6 Å². The Morgan fingerprint density at radius 2 is 2.20 bits per heavy atom. The normalized spacial score (nSPS) is 21.7. The minimum absolute atomic E-state index is 0.378. The van der Waals surface area contributed by atoms with Crippen molar-refractivity contribution in [2.24, 2.45) is 5.73 Å². The van der Waals surface area contributed by atoms with E-state index in [4.69, 9.17) is 5.73 Å². The fourth-order valence-corrected chi connectivity index (χ4v) is 2.09. The van der Waals surface area contributed by atoms with Gasteiger partial charge in [0.25, 0.3) is 0 Å². The highest BCUT2D eigenvalue weighted by atomic mass is 15.5. The van der Waals surface area contributed by atoms with Crippen LogP contribution in [0.3, 0.4) is 0 Å². The summed E-state index contributed by atoms with van der Waals surface area (Å²) in [6, 6.07) is 0. The topological polar surface area (TPSA) is 83.7 Å². The van der Waals surface area contributed by atoms with Gasteiger partial charge >= 0.3 is 0 Å². The van der Waals surface area contributed by atoms with Gasteiger partial charge in [0.1, 0.15) is 0 Å². The summed E-state index contributed by atoms with van der Waals surface area (Å²) in [5.74, 6) is 0.652. The molecule has 6 heteroatoms. The molecule has 0 unspecified atom stereocenters. The number of nitrogens with zero attached hydrogens (tertiary/aromatic N) is 4. The first-order valence-corrected chi connectivity index (χ1v) is 5.50. The van der Waals surface area contributed by atoms with Crippen molar-refractivity contribution < 1.29 is 0 Å². The molecule has 2 rings (SSSR count). The molecule has 15 heavy (non-hydrogen) atoms. The predicted octanol–water partition coefficient (Wildman–Crippen LogP) is -0.140. The maximum absolute atomic E-state index is 6.27. The van der Waals surface area contributed by atoms with Crippen LogP contribution < -0.4 is 5.73 Å². The number of rotatable bonds is 3. The van der Waals surface area contributed by atoms with Gasteiger partial charge in [-0.25, -0.2) is 0 Å². The number of tetrazole rings is 1. The van der Waals surface area contributed by atoms with Crippen LogP contribution in [-0.4, -0.2) is 45.2 Å². The largest absolute Gasteiger partial charge is 0.319 e. The number of aromatic nitrogens is 4. The number of piperidine rings is 1. The van der Waals surface area contributed by atoms with Crippen LogP contribution in [0.1, 0.15) is 32.0 Å². The van der Waals surface area contributed by atoms with E-state index in [0.717, 1.165) is 32.5 Å². The van der Waals surface area contributed by atoms with E-state index in [1.54, 1.807) is 0 Å². The number of nitrogens with one attached hydrogen (secondary N) is 1. The van der Waals surface area contributed by atoms with Gasteiger partial charge in [0.2, 0.25) is 0 Å². The van der Waals surface area contributed by atoms with Crippen molar-refractivity contribution in [3.05, 3.63) is 5.82 Å². The fourth-order valence-electron chi connectivity index (χ4n) is 2.09. The molecular weight excluding hydrogens is 192 g/mol. The third-order valence-corrected chi connectivity index (χ3v) is 3.08. The lowest BCUT2D eigenvalue weighted by molar-refractivity contribution is 0.156. The number of H-pyrrole nitrogens is 1. The van der Waals surface area contributed by atoms with E-state index >= 15 is 0 Å². The van der Waals surface area contributed by atoms with Crippen LogP contribution >= 0.6 is 0 Å². The van der Waals surface area contributed by atoms with E-state index in [1.807, 2.05) is 0 Å². The molecule has 1 aromatic heterocycles. The van der Waals surface area contributed by atoms with Gasteiger partial charge in [-0.2, -0.15) is 5.21 Å². The van der Waals surface area contributed by atoms with Crippen LogP contribution in [0.4, 0.5) is 0 Å². The van der Waals surface area contributed by atoms with Gasteiger partial charge in [0.15, 0.2) is 5.82 Å². The van der Waals surface area contributed by atoms with Crippen molar-refractivity contribution in [3.63, 3.8) is 0 Å². The van der Waals surface area contributed by atoms with Crippen LogP contribution in [0.2, 0.25) is 0 Å². The number of nitrogens with two attached hydrogens (primary N) is 1. The quantitative estimate of drug-likeness (QED) is 0.725. The zero-order chi connectivity index (χ0) is 10.7. The predicted molar refractivity (Wildman–Crippen MR) is 56.0 cm³/mol. The Bertz CT molecular complexity index is 288. The minimum atomic E-state index is -0.378. The van der Waals surface area contributed by atoms with Gasteiger partial charge in [-0.3, -0.25) is 0 Å². The van der Waals surface area contributed by atoms with E-state index in [9.17, 15) is 0 Å².